The molecule has 0 radical (unpaired) electrons. The lowest BCUT2D eigenvalue weighted by Crippen LogP contribution is -2.33. The average Bonchev–Trinajstić information content (AvgIpc) is 3.59. The number of pyridine rings is 1. The Morgan fingerprint density at radius 1 is 0.917 bits per heavy atom. The van der Waals surface area contributed by atoms with Crippen LogP contribution in [0.15, 0.2) is 53.2 Å². The second-order valence-corrected chi connectivity index (χ2v) is 11.2. The molecule has 0 unspecified atom stereocenters. The number of fused-ring (bicyclic) bond motifs is 3. The molecule has 5 aromatic rings. The summed E-state index contributed by atoms with van der Waals surface area (Å²) in [5.41, 5.74) is 4.93. The predicted molar refractivity (Wildman–Crippen MR) is 149 cm³/mol. The molecule has 0 aliphatic rings. The molecule has 188 valence electrons. The molecule has 0 spiro atoms. The summed E-state index contributed by atoms with van der Waals surface area (Å²) >= 11 is 1.63. The highest BCUT2D eigenvalue weighted by Gasteiger charge is 2.20. The fraction of sp³-hybridized carbons (Fsp3) is 0.393. The van der Waals surface area contributed by atoms with E-state index >= 15 is 0 Å². The van der Waals surface area contributed by atoms with E-state index in [-0.39, 0.29) is 5.41 Å². The number of nitrogens with zero attached hydrogens (tertiary/aromatic N) is 6. The van der Waals surface area contributed by atoms with Gasteiger partial charge in [0, 0.05) is 48.9 Å². The zero-order valence-corrected chi connectivity index (χ0v) is 22.8. The monoisotopic (exact) mass is 502 g/mol. The van der Waals surface area contributed by atoms with E-state index in [0.29, 0.717) is 0 Å². The first-order valence-corrected chi connectivity index (χ1v) is 13.4. The molecule has 0 N–H and O–H groups in total. The summed E-state index contributed by atoms with van der Waals surface area (Å²) in [6.45, 7) is 14.9. The summed E-state index contributed by atoms with van der Waals surface area (Å²) in [7, 11) is 2.11. The van der Waals surface area contributed by atoms with Crippen LogP contribution in [-0.2, 0) is 5.41 Å². The number of imidazole rings is 1. The first kappa shape index (κ1) is 24.5. The summed E-state index contributed by atoms with van der Waals surface area (Å²) in [4.78, 5) is 16.4. The molecular formula is C28H34N6OS. The third-order valence-electron chi connectivity index (χ3n) is 6.71. The predicted octanol–water partition coefficient (Wildman–Crippen LogP) is 6.34. The number of hydrogen-bond donors (Lipinski definition) is 0. The van der Waals surface area contributed by atoms with Crippen LogP contribution in [0.1, 0.15) is 40.4 Å². The van der Waals surface area contributed by atoms with Gasteiger partial charge in [-0.3, -0.25) is 4.40 Å². The van der Waals surface area contributed by atoms with Crippen LogP contribution in [0.3, 0.4) is 0 Å². The van der Waals surface area contributed by atoms with Crippen LogP contribution in [0.4, 0.5) is 5.82 Å². The maximum Gasteiger partial charge on any atom is 0.196 e. The number of aromatic nitrogens is 4. The van der Waals surface area contributed by atoms with Gasteiger partial charge in [-0.05, 0) is 25.2 Å². The van der Waals surface area contributed by atoms with E-state index in [9.17, 15) is 0 Å². The number of thiazole rings is 1. The molecule has 0 aliphatic carbocycles. The van der Waals surface area contributed by atoms with Crippen LogP contribution in [-0.4, -0.2) is 57.7 Å². The van der Waals surface area contributed by atoms with Crippen molar-refractivity contribution in [1.29, 1.82) is 0 Å². The van der Waals surface area contributed by atoms with Gasteiger partial charge in [0.1, 0.15) is 22.1 Å². The zero-order chi connectivity index (χ0) is 25.4. The maximum atomic E-state index is 5.55. The van der Waals surface area contributed by atoms with Gasteiger partial charge in [-0.2, -0.15) is 0 Å². The Morgan fingerprint density at radius 3 is 2.25 bits per heavy atom. The van der Waals surface area contributed by atoms with E-state index in [0.717, 1.165) is 75.6 Å². The Kier molecular flexibility index (Phi) is 6.57. The summed E-state index contributed by atoms with van der Waals surface area (Å²) in [5.74, 6) is 1.88. The highest BCUT2D eigenvalue weighted by molar-refractivity contribution is 7.23. The van der Waals surface area contributed by atoms with E-state index in [1.165, 1.54) is 0 Å². The van der Waals surface area contributed by atoms with Crippen molar-refractivity contribution in [1.82, 2.24) is 24.4 Å². The minimum atomic E-state index is -0.0630. The molecule has 0 saturated heterocycles. The van der Waals surface area contributed by atoms with E-state index in [1.807, 2.05) is 6.07 Å². The summed E-state index contributed by atoms with van der Waals surface area (Å²) in [6.07, 6.45) is 2.10. The van der Waals surface area contributed by atoms with Gasteiger partial charge in [0.05, 0.1) is 11.2 Å². The molecule has 0 bridgehead atoms. The molecule has 4 heterocycles. The first-order chi connectivity index (χ1) is 17.3. The molecule has 0 fully saturated rings. The highest BCUT2D eigenvalue weighted by atomic mass is 32.1. The molecule has 4 aromatic heterocycles. The fourth-order valence-electron chi connectivity index (χ4n) is 4.25. The summed E-state index contributed by atoms with van der Waals surface area (Å²) in [5, 5.41) is 4.26. The third kappa shape index (κ3) is 4.75. The molecule has 0 aliphatic heterocycles. The molecule has 0 amide bonds. The standard InChI is InChI=1S/C28H34N6OS/c1-7-33(8-2)16-15-32(6)25-14-13-23-26(30-25)36-27-29-22(18-34(23)27)20-11-9-19(10-12-20)21-17-24(35-31-21)28(3,4)5/h9-14,17-18H,7-8,15-16H2,1-6H3. The van der Waals surface area contributed by atoms with Crippen molar-refractivity contribution in [3.8, 4) is 22.5 Å². The Morgan fingerprint density at radius 2 is 1.61 bits per heavy atom. The van der Waals surface area contributed by atoms with Gasteiger partial charge in [-0.25, -0.2) is 9.97 Å². The van der Waals surface area contributed by atoms with Crippen molar-refractivity contribution in [3.05, 3.63) is 54.4 Å². The van der Waals surface area contributed by atoms with Gasteiger partial charge in [-0.1, -0.05) is 75.4 Å². The van der Waals surface area contributed by atoms with E-state index in [4.69, 9.17) is 14.5 Å². The van der Waals surface area contributed by atoms with Gasteiger partial charge >= 0.3 is 0 Å². The van der Waals surface area contributed by atoms with Crippen molar-refractivity contribution < 1.29 is 4.52 Å². The highest BCUT2D eigenvalue weighted by Crippen LogP contribution is 2.32. The molecule has 7 nitrogen and oxygen atoms in total. The van der Waals surface area contributed by atoms with Gasteiger partial charge in [0.2, 0.25) is 0 Å². The van der Waals surface area contributed by atoms with Crippen LogP contribution in [0.25, 0.3) is 37.8 Å². The lowest BCUT2D eigenvalue weighted by Gasteiger charge is -2.23. The number of anilines is 1. The van der Waals surface area contributed by atoms with Crippen molar-refractivity contribution in [2.24, 2.45) is 0 Å². The van der Waals surface area contributed by atoms with Crippen molar-refractivity contribution in [2.45, 2.75) is 40.0 Å². The first-order valence-electron chi connectivity index (χ1n) is 12.6. The molecule has 8 heteroatoms. The lowest BCUT2D eigenvalue weighted by molar-refractivity contribution is 0.311. The molecule has 0 saturated carbocycles. The van der Waals surface area contributed by atoms with Gasteiger partial charge in [0.15, 0.2) is 4.96 Å². The number of hydrogen-bond acceptors (Lipinski definition) is 7. The second-order valence-electron chi connectivity index (χ2n) is 10.2. The maximum absolute atomic E-state index is 5.55. The van der Waals surface area contributed by atoms with Crippen molar-refractivity contribution in [3.63, 3.8) is 0 Å². The van der Waals surface area contributed by atoms with Crippen LogP contribution in [0.2, 0.25) is 0 Å². The Bertz CT molecular complexity index is 1470. The topological polar surface area (TPSA) is 62.7 Å². The van der Waals surface area contributed by atoms with Crippen molar-refractivity contribution in [2.75, 3.05) is 38.1 Å². The minimum absolute atomic E-state index is 0.0630. The van der Waals surface area contributed by atoms with Crippen LogP contribution in [0.5, 0.6) is 0 Å². The average molecular weight is 503 g/mol. The second kappa shape index (κ2) is 9.67. The van der Waals surface area contributed by atoms with Gasteiger partial charge < -0.3 is 14.3 Å². The summed E-state index contributed by atoms with van der Waals surface area (Å²) < 4.78 is 7.69. The van der Waals surface area contributed by atoms with E-state index in [2.05, 4.69) is 104 Å². The Balaban J connectivity index is 1.35. The Hall–Kier alpha value is -3.23. The van der Waals surface area contributed by atoms with Gasteiger partial charge in [0.25, 0.3) is 0 Å². The number of likely N-dealkylation sites (N-methyl/N-ethyl adjacent to an activating group) is 2. The normalized spacial score (nSPS) is 12.3. The smallest absolute Gasteiger partial charge is 0.196 e. The largest absolute Gasteiger partial charge is 0.360 e. The molecular weight excluding hydrogens is 468 g/mol. The molecule has 36 heavy (non-hydrogen) atoms. The van der Waals surface area contributed by atoms with E-state index in [1.54, 1.807) is 11.3 Å². The number of benzene rings is 1. The van der Waals surface area contributed by atoms with Crippen LogP contribution >= 0.6 is 11.3 Å². The van der Waals surface area contributed by atoms with Gasteiger partial charge in [-0.15, -0.1) is 0 Å². The Labute approximate surface area is 216 Å². The summed E-state index contributed by atoms with van der Waals surface area (Å²) in [6, 6.07) is 14.6. The molecule has 5 rings (SSSR count). The quantitative estimate of drug-likeness (QED) is 0.247. The van der Waals surface area contributed by atoms with Crippen LogP contribution in [0, 0.1) is 0 Å². The van der Waals surface area contributed by atoms with Crippen molar-refractivity contribution >= 4 is 32.5 Å². The number of rotatable bonds is 8. The molecule has 1 aromatic carbocycles. The zero-order valence-electron chi connectivity index (χ0n) is 21.9. The van der Waals surface area contributed by atoms with E-state index < -0.39 is 0 Å². The van der Waals surface area contributed by atoms with Crippen LogP contribution < -0.4 is 4.90 Å². The fourth-order valence-corrected chi connectivity index (χ4v) is 5.23. The minimum Gasteiger partial charge on any atom is -0.360 e. The third-order valence-corrected chi connectivity index (χ3v) is 7.67. The lowest BCUT2D eigenvalue weighted by atomic mass is 9.93. The molecule has 0 atom stereocenters. The SMILES string of the molecule is CCN(CC)CCN(C)c1ccc2c(n1)sc1nc(-c3ccc(-c4cc(C(C)(C)C)on4)cc3)cn12.